The smallest absolute Gasteiger partial charge is 0.212 e. The van der Waals surface area contributed by atoms with Crippen molar-refractivity contribution < 1.29 is 9.53 Å². The molecule has 4 nitrogen and oxygen atoms in total. The number of ether oxygens (including phenoxy) is 1. The highest BCUT2D eigenvalue weighted by Crippen LogP contribution is 2.23. The Morgan fingerprint density at radius 1 is 1.50 bits per heavy atom. The number of hydrogen-bond donors (Lipinski definition) is 0. The number of aromatic nitrogens is 2. The normalized spacial score (nSPS) is 10.8. The van der Waals surface area contributed by atoms with E-state index in [0.717, 1.165) is 5.56 Å². The number of aryl methyl sites for hydroxylation is 1. The molecule has 0 spiro atoms. The van der Waals surface area contributed by atoms with Crippen molar-refractivity contribution in [3.05, 3.63) is 50.7 Å². The first kappa shape index (κ1) is 15.2. The molecule has 0 N–H and O–H groups in total. The predicted molar refractivity (Wildman–Crippen MR) is 81.4 cm³/mol. The molecular formula is C14H14BrClN2O2. The van der Waals surface area contributed by atoms with E-state index in [2.05, 4.69) is 21.0 Å². The van der Waals surface area contributed by atoms with E-state index in [4.69, 9.17) is 16.3 Å². The Labute approximate surface area is 130 Å². The molecule has 0 atom stereocenters. The lowest BCUT2D eigenvalue weighted by Gasteiger charge is -2.09. The van der Waals surface area contributed by atoms with Crippen LogP contribution in [0.1, 0.15) is 21.6 Å². The number of benzene rings is 1. The third-order valence-electron chi connectivity index (χ3n) is 2.95. The molecule has 2 rings (SSSR count). The van der Waals surface area contributed by atoms with Crippen LogP contribution in [0.25, 0.3) is 0 Å². The van der Waals surface area contributed by atoms with Crippen LogP contribution < -0.4 is 0 Å². The van der Waals surface area contributed by atoms with Crippen molar-refractivity contribution in [3.8, 4) is 0 Å². The molecule has 1 aromatic carbocycles. The number of carbonyl (C=O) groups excluding carboxylic acids is 1. The number of carbonyl (C=O) groups is 1. The highest BCUT2D eigenvalue weighted by molar-refractivity contribution is 9.10. The van der Waals surface area contributed by atoms with E-state index in [1.165, 1.54) is 0 Å². The van der Waals surface area contributed by atoms with E-state index >= 15 is 0 Å². The zero-order chi connectivity index (χ0) is 14.7. The van der Waals surface area contributed by atoms with Gasteiger partial charge in [0.05, 0.1) is 23.8 Å². The van der Waals surface area contributed by atoms with Crippen LogP contribution in [0.5, 0.6) is 0 Å². The molecule has 0 saturated heterocycles. The summed E-state index contributed by atoms with van der Waals surface area (Å²) in [5, 5.41) is 4.81. The molecule has 0 saturated carbocycles. The van der Waals surface area contributed by atoms with Gasteiger partial charge < -0.3 is 4.74 Å². The van der Waals surface area contributed by atoms with Gasteiger partial charge in [0.25, 0.3) is 0 Å². The van der Waals surface area contributed by atoms with Gasteiger partial charge in [-0.25, -0.2) is 0 Å². The molecular weight excluding hydrogens is 344 g/mol. The molecule has 1 heterocycles. The first-order valence-electron chi connectivity index (χ1n) is 6.05. The van der Waals surface area contributed by atoms with Gasteiger partial charge in [0.2, 0.25) is 5.78 Å². The lowest BCUT2D eigenvalue weighted by molar-refractivity contribution is 0.102. The van der Waals surface area contributed by atoms with Gasteiger partial charge in [-0.2, -0.15) is 5.10 Å². The fraction of sp³-hybridized carbons (Fsp3) is 0.286. The van der Waals surface area contributed by atoms with Crippen molar-refractivity contribution in [2.75, 3.05) is 13.7 Å². The lowest BCUT2D eigenvalue weighted by atomic mass is 10.0. The molecule has 2 aromatic rings. The molecule has 106 valence electrons. The minimum atomic E-state index is -0.0837. The third-order valence-corrected chi connectivity index (χ3v) is 3.77. The lowest BCUT2D eigenvalue weighted by Crippen LogP contribution is -2.15. The van der Waals surface area contributed by atoms with Crippen LogP contribution in [-0.4, -0.2) is 29.3 Å². The van der Waals surface area contributed by atoms with Crippen molar-refractivity contribution in [1.82, 2.24) is 9.78 Å². The maximum Gasteiger partial charge on any atom is 0.212 e. The van der Waals surface area contributed by atoms with Crippen LogP contribution >= 0.6 is 27.5 Å². The van der Waals surface area contributed by atoms with E-state index in [-0.39, 0.29) is 5.78 Å². The molecule has 0 fully saturated rings. The zero-order valence-corrected chi connectivity index (χ0v) is 13.5. The second-order valence-electron chi connectivity index (χ2n) is 4.35. The predicted octanol–water partition coefficient (Wildman–Crippen LogP) is 3.48. The molecule has 0 unspecified atom stereocenters. The topological polar surface area (TPSA) is 44.1 Å². The molecule has 0 aliphatic carbocycles. The van der Waals surface area contributed by atoms with Crippen LogP contribution in [0.15, 0.2) is 28.9 Å². The largest absolute Gasteiger partial charge is 0.383 e. The van der Waals surface area contributed by atoms with Gasteiger partial charge in [0.15, 0.2) is 0 Å². The Hall–Kier alpha value is -1.17. The molecule has 20 heavy (non-hydrogen) atoms. The summed E-state index contributed by atoms with van der Waals surface area (Å²) < 4.78 is 7.35. The Kier molecular flexibility index (Phi) is 4.96. The van der Waals surface area contributed by atoms with Gasteiger partial charge in [0.1, 0.15) is 5.69 Å². The van der Waals surface area contributed by atoms with Crippen LogP contribution in [0, 0.1) is 6.92 Å². The zero-order valence-electron chi connectivity index (χ0n) is 11.2. The van der Waals surface area contributed by atoms with E-state index in [1.54, 1.807) is 36.2 Å². The molecule has 6 heteroatoms. The Bertz CT molecular complexity index is 640. The summed E-state index contributed by atoms with van der Waals surface area (Å²) in [6, 6.07) is 5.23. The highest BCUT2D eigenvalue weighted by atomic mass is 79.9. The van der Waals surface area contributed by atoms with Gasteiger partial charge in [-0.05, 0) is 46.6 Å². The monoisotopic (exact) mass is 356 g/mol. The van der Waals surface area contributed by atoms with Crippen LogP contribution in [0.2, 0.25) is 5.02 Å². The number of nitrogens with zero attached hydrogens (tertiary/aromatic N) is 2. The third kappa shape index (κ3) is 3.11. The van der Waals surface area contributed by atoms with E-state index < -0.39 is 0 Å². The van der Waals surface area contributed by atoms with Crippen molar-refractivity contribution in [1.29, 1.82) is 0 Å². The van der Waals surface area contributed by atoms with Crippen molar-refractivity contribution in [2.24, 2.45) is 0 Å². The summed E-state index contributed by atoms with van der Waals surface area (Å²) >= 11 is 9.30. The minimum absolute atomic E-state index is 0.0837. The van der Waals surface area contributed by atoms with Gasteiger partial charge in [-0.15, -0.1) is 0 Å². The number of halogens is 2. The minimum Gasteiger partial charge on any atom is -0.383 e. The van der Waals surface area contributed by atoms with Crippen LogP contribution in [0.3, 0.4) is 0 Å². The first-order chi connectivity index (χ1) is 9.54. The molecule has 0 aliphatic heterocycles. The number of rotatable bonds is 5. The number of hydrogen-bond acceptors (Lipinski definition) is 3. The maximum absolute atomic E-state index is 12.7. The Morgan fingerprint density at radius 2 is 2.25 bits per heavy atom. The van der Waals surface area contributed by atoms with Crippen molar-refractivity contribution in [2.45, 2.75) is 13.5 Å². The van der Waals surface area contributed by atoms with E-state index in [0.29, 0.717) is 33.9 Å². The molecule has 0 aliphatic rings. The Morgan fingerprint density at radius 3 is 2.90 bits per heavy atom. The number of methoxy groups -OCH3 is 1. The van der Waals surface area contributed by atoms with Gasteiger partial charge >= 0.3 is 0 Å². The summed E-state index contributed by atoms with van der Waals surface area (Å²) in [4.78, 5) is 12.7. The van der Waals surface area contributed by atoms with Crippen molar-refractivity contribution in [3.63, 3.8) is 0 Å². The SMILES string of the molecule is COCCn1ncc(Br)c1C(=O)c1ccc(Cl)cc1C. The fourth-order valence-corrected chi connectivity index (χ4v) is 2.65. The molecule has 0 radical (unpaired) electrons. The van der Waals surface area contributed by atoms with Gasteiger partial charge in [-0.1, -0.05) is 11.6 Å². The maximum atomic E-state index is 12.7. The van der Waals surface area contributed by atoms with Crippen LogP contribution in [0.4, 0.5) is 0 Å². The average Bonchev–Trinajstić information content (AvgIpc) is 2.77. The average molecular weight is 358 g/mol. The summed E-state index contributed by atoms with van der Waals surface area (Å²) in [6.07, 6.45) is 1.62. The first-order valence-corrected chi connectivity index (χ1v) is 7.22. The second-order valence-corrected chi connectivity index (χ2v) is 5.64. The summed E-state index contributed by atoms with van der Waals surface area (Å²) in [5.74, 6) is -0.0837. The van der Waals surface area contributed by atoms with Crippen molar-refractivity contribution >= 4 is 33.3 Å². The Balaban J connectivity index is 2.40. The quantitative estimate of drug-likeness (QED) is 0.770. The summed E-state index contributed by atoms with van der Waals surface area (Å²) in [6.45, 7) is 2.88. The van der Waals surface area contributed by atoms with Crippen LogP contribution in [-0.2, 0) is 11.3 Å². The molecule has 0 bridgehead atoms. The number of ketones is 1. The van der Waals surface area contributed by atoms with Gasteiger partial charge in [0, 0.05) is 17.7 Å². The standard InChI is InChI=1S/C14H14BrClN2O2/c1-9-7-10(16)3-4-11(9)14(19)13-12(15)8-17-18(13)5-6-20-2/h3-4,7-8H,5-6H2,1-2H3. The highest BCUT2D eigenvalue weighted by Gasteiger charge is 2.20. The summed E-state index contributed by atoms with van der Waals surface area (Å²) in [5.41, 5.74) is 1.98. The fourth-order valence-electron chi connectivity index (χ4n) is 1.94. The van der Waals surface area contributed by atoms with E-state index in [1.807, 2.05) is 6.92 Å². The van der Waals surface area contributed by atoms with Gasteiger partial charge in [-0.3, -0.25) is 9.48 Å². The second kappa shape index (κ2) is 6.52. The summed E-state index contributed by atoms with van der Waals surface area (Å²) in [7, 11) is 1.61. The molecule has 0 amide bonds. The molecule has 1 aromatic heterocycles. The van der Waals surface area contributed by atoms with E-state index in [9.17, 15) is 4.79 Å².